The number of benzene rings is 2. The minimum atomic E-state index is -3.38. The zero-order valence-corrected chi connectivity index (χ0v) is 14.4. The monoisotopic (exact) mass is 373 g/mol. The molecule has 26 heavy (non-hydrogen) atoms. The first-order valence-corrected chi connectivity index (χ1v) is 9.47. The average Bonchev–Trinajstić information content (AvgIpc) is 3.09. The summed E-state index contributed by atoms with van der Waals surface area (Å²) in [5.74, 6) is -0.364. The number of fused-ring (bicyclic) bond motifs is 1. The van der Waals surface area contributed by atoms with Crippen molar-refractivity contribution < 1.29 is 22.4 Å². The van der Waals surface area contributed by atoms with Gasteiger partial charge < -0.3 is 14.5 Å². The maximum Gasteiger partial charge on any atom is 0.255 e. The zero-order valence-electron chi connectivity index (χ0n) is 13.6. The van der Waals surface area contributed by atoms with Crippen LogP contribution < -0.4 is 9.62 Å². The van der Waals surface area contributed by atoms with Gasteiger partial charge >= 0.3 is 0 Å². The molecule has 1 aromatic heterocycles. The first-order chi connectivity index (χ1) is 12.5. The van der Waals surface area contributed by atoms with Crippen LogP contribution in [0.1, 0.15) is 10.4 Å². The largest absolute Gasteiger partial charge is 0.443 e. The SMILES string of the molecule is O=C(Nc1ccc2ocnc2c1)c1ccc(N2COCCS2(=O)=O)cc1. The summed E-state index contributed by atoms with van der Waals surface area (Å²) in [7, 11) is -3.38. The van der Waals surface area contributed by atoms with Gasteiger partial charge in [-0.2, -0.15) is 0 Å². The summed E-state index contributed by atoms with van der Waals surface area (Å²) in [6, 6.07) is 11.5. The van der Waals surface area contributed by atoms with Gasteiger partial charge in [0.15, 0.2) is 12.0 Å². The Morgan fingerprint density at radius 3 is 2.73 bits per heavy atom. The Morgan fingerprint density at radius 2 is 1.96 bits per heavy atom. The number of aromatic nitrogens is 1. The standard InChI is InChI=1S/C17H15N3O5S/c21-17(19-13-3-6-16-15(9-13)18-10-25-16)12-1-4-14(5-2-12)20-11-24-7-8-26(20,22)23/h1-6,9-10H,7-8,11H2,(H,19,21). The molecule has 1 amide bonds. The number of rotatable bonds is 3. The van der Waals surface area contributed by atoms with Crippen molar-refractivity contribution >= 4 is 38.4 Å². The summed E-state index contributed by atoms with van der Waals surface area (Å²) >= 11 is 0. The first kappa shape index (κ1) is 16.6. The predicted octanol–water partition coefficient (Wildman–Crippen LogP) is 2.20. The first-order valence-electron chi connectivity index (χ1n) is 7.86. The van der Waals surface area contributed by atoms with Crippen LogP contribution in [0, 0.1) is 0 Å². The molecule has 0 bridgehead atoms. The van der Waals surface area contributed by atoms with Crippen molar-refractivity contribution in [1.29, 1.82) is 0 Å². The molecule has 4 rings (SSSR count). The van der Waals surface area contributed by atoms with Crippen molar-refractivity contribution in [2.45, 2.75) is 0 Å². The number of anilines is 2. The van der Waals surface area contributed by atoms with Gasteiger partial charge in [-0.05, 0) is 42.5 Å². The predicted molar refractivity (Wildman–Crippen MR) is 95.5 cm³/mol. The molecule has 0 saturated carbocycles. The molecule has 0 radical (unpaired) electrons. The van der Waals surface area contributed by atoms with Gasteiger partial charge in [0, 0.05) is 11.3 Å². The summed E-state index contributed by atoms with van der Waals surface area (Å²) in [4.78, 5) is 16.4. The van der Waals surface area contributed by atoms with Crippen LogP contribution in [-0.2, 0) is 14.8 Å². The van der Waals surface area contributed by atoms with Gasteiger partial charge in [0.25, 0.3) is 5.91 Å². The topological polar surface area (TPSA) is 102 Å². The van der Waals surface area contributed by atoms with E-state index in [2.05, 4.69) is 10.3 Å². The maximum absolute atomic E-state index is 12.4. The molecule has 0 spiro atoms. The van der Waals surface area contributed by atoms with E-state index < -0.39 is 10.0 Å². The third kappa shape index (κ3) is 3.14. The molecular formula is C17H15N3O5S. The van der Waals surface area contributed by atoms with Gasteiger partial charge in [-0.15, -0.1) is 0 Å². The number of amides is 1. The Morgan fingerprint density at radius 1 is 1.15 bits per heavy atom. The Hall–Kier alpha value is -2.91. The molecule has 134 valence electrons. The number of hydrogen-bond acceptors (Lipinski definition) is 6. The van der Waals surface area contributed by atoms with E-state index in [1.165, 1.54) is 10.7 Å². The van der Waals surface area contributed by atoms with E-state index >= 15 is 0 Å². The number of nitrogens with one attached hydrogen (secondary N) is 1. The highest BCUT2D eigenvalue weighted by Gasteiger charge is 2.26. The number of nitrogens with zero attached hydrogens (tertiary/aromatic N) is 2. The van der Waals surface area contributed by atoms with Gasteiger partial charge in [-0.25, -0.2) is 17.7 Å². The van der Waals surface area contributed by atoms with Crippen LogP contribution >= 0.6 is 0 Å². The van der Waals surface area contributed by atoms with E-state index in [0.29, 0.717) is 28.0 Å². The Bertz CT molecular complexity index is 1060. The lowest BCUT2D eigenvalue weighted by atomic mass is 10.2. The Kier molecular flexibility index (Phi) is 4.09. The quantitative estimate of drug-likeness (QED) is 0.755. The molecule has 1 N–H and O–H groups in total. The van der Waals surface area contributed by atoms with Crippen molar-refractivity contribution in [3.63, 3.8) is 0 Å². The lowest BCUT2D eigenvalue weighted by Crippen LogP contribution is -2.41. The summed E-state index contributed by atoms with van der Waals surface area (Å²) in [6.07, 6.45) is 1.34. The molecular weight excluding hydrogens is 358 g/mol. The van der Waals surface area contributed by atoms with Crippen molar-refractivity contribution in [1.82, 2.24) is 4.98 Å². The number of carbonyl (C=O) groups excluding carboxylic acids is 1. The van der Waals surface area contributed by atoms with Crippen LogP contribution in [0.5, 0.6) is 0 Å². The van der Waals surface area contributed by atoms with Gasteiger partial charge in [0.05, 0.1) is 18.0 Å². The highest BCUT2D eigenvalue weighted by molar-refractivity contribution is 7.92. The van der Waals surface area contributed by atoms with Crippen molar-refractivity contribution in [3.05, 3.63) is 54.4 Å². The third-order valence-corrected chi connectivity index (χ3v) is 5.71. The van der Waals surface area contributed by atoms with Crippen LogP contribution in [0.25, 0.3) is 11.1 Å². The Labute approximate surface area is 149 Å². The maximum atomic E-state index is 12.4. The highest BCUT2D eigenvalue weighted by atomic mass is 32.2. The van der Waals surface area contributed by atoms with Crippen LogP contribution in [0.2, 0.25) is 0 Å². The molecule has 2 heterocycles. The average molecular weight is 373 g/mol. The van der Waals surface area contributed by atoms with Gasteiger partial charge in [-0.1, -0.05) is 0 Å². The molecule has 3 aromatic rings. The molecule has 1 saturated heterocycles. The minimum absolute atomic E-state index is 0.0222. The van der Waals surface area contributed by atoms with Crippen LogP contribution in [0.3, 0.4) is 0 Å². The van der Waals surface area contributed by atoms with Crippen molar-refractivity contribution in [2.75, 3.05) is 28.7 Å². The molecule has 1 fully saturated rings. The summed E-state index contributed by atoms with van der Waals surface area (Å²) < 4.78 is 35.7. The molecule has 8 nitrogen and oxygen atoms in total. The fourth-order valence-corrected chi connectivity index (χ4v) is 3.88. The molecule has 0 atom stereocenters. The summed E-state index contributed by atoms with van der Waals surface area (Å²) in [5.41, 5.74) is 2.74. The molecule has 0 unspecified atom stereocenters. The van der Waals surface area contributed by atoms with Crippen LogP contribution in [0.15, 0.2) is 53.3 Å². The van der Waals surface area contributed by atoms with Crippen molar-refractivity contribution in [2.24, 2.45) is 0 Å². The second kappa shape index (κ2) is 6.43. The zero-order chi connectivity index (χ0) is 18.1. The second-order valence-corrected chi connectivity index (χ2v) is 7.75. The van der Waals surface area contributed by atoms with Gasteiger partial charge in [0.1, 0.15) is 12.2 Å². The number of oxazole rings is 1. The Balaban J connectivity index is 1.51. The number of carbonyl (C=O) groups is 1. The molecule has 2 aromatic carbocycles. The third-order valence-electron chi connectivity index (χ3n) is 4.04. The van der Waals surface area contributed by atoms with E-state index in [0.717, 1.165) is 0 Å². The van der Waals surface area contributed by atoms with Gasteiger partial charge in [-0.3, -0.25) is 4.79 Å². The smallest absolute Gasteiger partial charge is 0.255 e. The lowest BCUT2D eigenvalue weighted by Gasteiger charge is -2.28. The molecule has 1 aliphatic heterocycles. The number of hydrogen-bond donors (Lipinski definition) is 1. The highest BCUT2D eigenvalue weighted by Crippen LogP contribution is 2.22. The number of ether oxygens (including phenoxy) is 1. The minimum Gasteiger partial charge on any atom is -0.443 e. The summed E-state index contributed by atoms with van der Waals surface area (Å²) in [6.45, 7) is 0.167. The van der Waals surface area contributed by atoms with E-state index in [1.54, 1.807) is 42.5 Å². The van der Waals surface area contributed by atoms with Crippen LogP contribution in [0.4, 0.5) is 11.4 Å². The van der Waals surface area contributed by atoms with Crippen molar-refractivity contribution in [3.8, 4) is 0 Å². The van der Waals surface area contributed by atoms with Crippen LogP contribution in [-0.4, -0.2) is 38.4 Å². The molecule has 9 heteroatoms. The molecule has 1 aliphatic rings. The van der Waals surface area contributed by atoms with E-state index in [4.69, 9.17) is 9.15 Å². The second-order valence-electron chi connectivity index (χ2n) is 5.74. The van der Waals surface area contributed by atoms with E-state index in [9.17, 15) is 13.2 Å². The molecule has 0 aliphatic carbocycles. The lowest BCUT2D eigenvalue weighted by molar-refractivity contribution is 0.102. The normalized spacial score (nSPS) is 16.5. The number of sulfonamides is 1. The van der Waals surface area contributed by atoms with E-state index in [1.807, 2.05) is 0 Å². The fraction of sp³-hybridized carbons (Fsp3) is 0.176. The summed E-state index contributed by atoms with van der Waals surface area (Å²) in [5, 5.41) is 2.78. The van der Waals surface area contributed by atoms with Gasteiger partial charge in [0.2, 0.25) is 10.0 Å². The fourth-order valence-electron chi connectivity index (χ4n) is 2.66. The van der Waals surface area contributed by atoms with E-state index in [-0.39, 0.29) is 25.0 Å².